The molecule has 0 aliphatic carbocycles. The van der Waals surface area contributed by atoms with Crippen LogP contribution in [-0.2, 0) is 9.47 Å². The molecule has 19 heavy (non-hydrogen) atoms. The molecule has 0 unspecified atom stereocenters. The van der Waals surface area contributed by atoms with Crippen molar-refractivity contribution in [3.8, 4) is 0 Å². The van der Waals surface area contributed by atoms with Crippen LogP contribution >= 0.6 is 0 Å². The summed E-state index contributed by atoms with van der Waals surface area (Å²) < 4.78 is 9.87. The van der Waals surface area contributed by atoms with Gasteiger partial charge >= 0.3 is 6.16 Å². The molecular weight excluding hydrogens is 240 g/mol. The maximum Gasteiger partial charge on any atom is 0.508 e. The lowest BCUT2D eigenvalue weighted by Gasteiger charge is -2.05. The Labute approximate surface area is 118 Å². The largest absolute Gasteiger partial charge is 0.508 e. The number of rotatable bonds is 13. The summed E-state index contributed by atoms with van der Waals surface area (Å²) in [5, 5.41) is 0. The molecule has 0 aromatic carbocycles. The summed E-state index contributed by atoms with van der Waals surface area (Å²) in [6, 6.07) is 0. The Bertz CT molecular complexity index is 214. The van der Waals surface area contributed by atoms with Crippen molar-refractivity contribution in [2.75, 3.05) is 13.2 Å². The Balaban J connectivity index is 3.09. The number of hydrogen-bond donors (Lipinski definition) is 0. The number of allylic oxidation sites excluding steroid dienone is 1. The third kappa shape index (κ3) is 15.0. The highest BCUT2D eigenvalue weighted by Gasteiger charge is 2.02. The van der Waals surface area contributed by atoms with E-state index < -0.39 is 6.16 Å². The summed E-state index contributed by atoms with van der Waals surface area (Å²) >= 11 is 0. The van der Waals surface area contributed by atoms with Gasteiger partial charge in [-0.25, -0.2) is 4.79 Å². The first kappa shape index (κ1) is 18.0. The first-order chi connectivity index (χ1) is 9.31. The summed E-state index contributed by atoms with van der Waals surface area (Å²) in [6.45, 7) is 6.74. The molecule has 0 aromatic heterocycles. The van der Waals surface area contributed by atoms with Gasteiger partial charge in [0.05, 0.1) is 13.2 Å². The number of unbranched alkanes of at least 4 members (excludes halogenated alkanes) is 8. The quantitative estimate of drug-likeness (QED) is 0.260. The highest BCUT2D eigenvalue weighted by atomic mass is 16.7. The van der Waals surface area contributed by atoms with Crippen LogP contribution in [0.25, 0.3) is 0 Å². The van der Waals surface area contributed by atoms with Gasteiger partial charge in [0, 0.05) is 0 Å². The Kier molecular flexibility index (Phi) is 14.3. The minimum Gasteiger partial charge on any atom is -0.434 e. The van der Waals surface area contributed by atoms with Gasteiger partial charge in [0.25, 0.3) is 0 Å². The van der Waals surface area contributed by atoms with Gasteiger partial charge in [-0.05, 0) is 25.7 Å². The summed E-state index contributed by atoms with van der Waals surface area (Å²) in [6.07, 6.45) is 13.0. The molecule has 112 valence electrons. The molecule has 0 radical (unpaired) electrons. The molecule has 0 aliphatic rings. The van der Waals surface area contributed by atoms with Crippen LogP contribution in [0.3, 0.4) is 0 Å². The molecule has 3 nitrogen and oxygen atoms in total. The maximum atomic E-state index is 11.1. The summed E-state index contributed by atoms with van der Waals surface area (Å²) in [4.78, 5) is 11.1. The number of carbonyl (C=O) groups excluding carboxylic acids is 1. The molecule has 0 atom stereocenters. The Hall–Kier alpha value is -0.990. The van der Waals surface area contributed by atoms with Crippen molar-refractivity contribution in [3.63, 3.8) is 0 Å². The molecule has 0 aliphatic heterocycles. The molecule has 0 spiro atoms. The van der Waals surface area contributed by atoms with Gasteiger partial charge in [-0.2, -0.15) is 0 Å². The smallest absolute Gasteiger partial charge is 0.434 e. The van der Waals surface area contributed by atoms with Crippen LogP contribution in [-0.4, -0.2) is 19.4 Å². The van der Waals surface area contributed by atoms with Crippen molar-refractivity contribution in [2.24, 2.45) is 0 Å². The van der Waals surface area contributed by atoms with Crippen molar-refractivity contribution in [1.82, 2.24) is 0 Å². The zero-order valence-electron chi connectivity index (χ0n) is 12.5. The summed E-state index contributed by atoms with van der Waals surface area (Å²) in [5.74, 6) is 0. The van der Waals surface area contributed by atoms with Crippen LogP contribution in [0.15, 0.2) is 12.7 Å². The molecule has 0 amide bonds. The molecule has 0 N–H and O–H groups in total. The Morgan fingerprint density at radius 3 is 2.00 bits per heavy atom. The lowest BCUT2D eigenvalue weighted by atomic mass is 10.1. The van der Waals surface area contributed by atoms with E-state index in [0.717, 1.165) is 32.1 Å². The highest BCUT2D eigenvalue weighted by Crippen LogP contribution is 2.08. The molecule has 0 aromatic rings. The highest BCUT2D eigenvalue weighted by molar-refractivity contribution is 5.59. The molecule has 0 saturated carbocycles. The predicted octanol–water partition coefficient (Wildman–Crippen LogP) is 5.25. The van der Waals surface area contributed by atoms with E-state index in [1.807, 2.05) is 6.08 Å². The molecular formula is C16H30O3. The van der Waals surface area contributed by atoms with E-state index >= 15 is 0 Å². The SMILES string of the molecule is C=CCCCCCCCCCOC(=O)OCCCC. The van der Waals surface area contributed by atoms with E-state index in [4.69, 9.17) is 9.47 Å². The van der Waals surface area contributed by atoms with Gasteiger partial charge in [0.1, 0.15) is 0 Å². The third-order valence-electron chi connectivity index (χ3n) is 2.99. The van der Waals surface area contributed by atoms with Crippen molar-refractivity contribution in [3.05, 3.63) is 12.7 Å². The van der Waals surface area contributed by atoms with Crippen LogP contribution in [0.4, 0.5) is 4.79 Å². The normalized spacial score (nSPS) is 10.2. The van der Waals surface area contributed by atoms with Crippen LogP contribution < -0.4 is 0 Å². The molecule has 3 heteroatoms. The number of ether oxygens (including phenoxy) is 2. The van der Waals surface area contributed by atoms with E-state index in [1.165, 1.54) is 32.1 Å². The summed E-state index contributed by atoms with van der Waals surface area (Å²) in [7, 11) is 0. The monoisotopic (exact) mass is 270 g/mol. The Morgan fingerprint density at radius 2 is 1.42 bits per heavy atom. The number of carbonyl (C=O) groups is 1. The van der Waals surface area contributed by atoms with E-state index in [2.05, 4.69) is 13.5 Å². The van der Waals surface area contributed by atoms with Gasteiger partial charge in [-0.3, -0.25) is 0 Å². The minimum absolute atomic E-state index is 0.472. The van der Waals surface area contributed by atoms with Gasteiger partial charge in [0.15, 0.2) is 0 Å². The lowest BCUT2D eigenvalue weighted by Crippen LogP contribution is -2.09. The molecule has 0 fully saturated rings. The van der Waals surface area contributed by atoms with Crippen molar-refractivity contribution in [2.45, 2.75) is 71.1 Å². The van der Waals surface area contributed by atoms with E-state index in [9.17, 15) is 4.79 Å². The fraction of sp³-hybridized carbons (Fsp3) is 0.812. The second kappa shape index (κ2) is 15.1. The molecule has 0 rings (SSSR count). The van der Waals surface area contributed by atoms with E-state index in [0.29, 0.717) is 13.2 Å². The maximum absolute atomic E-state index is 11.1. The number of hydrogen-bond acceptors (Lipinski definition) is 3. The van der Waals surface area contributed by atoms with E-state index in [-0.39, 0.29) is 0 Å². The average Bonchev–Trinajstić information content (AvgIpc) is 2.41. The zero-order chi connectivity index (χ0) is 14.2. The first-order valence-corrected chi connectivity index (χ1v) is 7.71. The van der Waals surface area contributed by atoms with Crippen molar-refractivity contribution in [1.29, 1.82) is 0 Å². The zero-order valence-corrected chi connectivity index (χ0v) is 12.5. The van der Waals surface area contributed by atoms with Gasteiger partial charge < -0.3 is 9.47 Å². The molecule has 0 bridgehead atoms. The molecule has 0 saturated heterocycles. The van der Waals surface area contributed by atoms with Crippen LogP contribution in [0, 0.1) is 0 Å². The van der Waals surface area contributed by atoms with Crippen LogP contribution in [0.2, 0.25) is 0 Å². The lowest BCUT2D eigenvalue weighted by molar-refractivity contribution is 0.0532. The topological polar surface area (TPSA) is 35.5 Å². The minimum atomic E-state index is -0.516. The average molecular weight is 270 g/mol. The standard InChI is InChI=1S/C16H30O3/c1-3-5-7-8-9-10-11-12-13-15-19-16(17)18-14-6-4-2/h3H,1,4-15H2,2H3. The van der Waals surface area contributed by atoms with Gasteiger partial charge in [-0.1, -0.05) is 51.5 Å². The second-order valence-corrected chi connectivity index (χ2v) is 4.85. The van der Waals surface area contributed by atoms with E-state index in [1.54, 1.807) is 0 Å². The first-order valence-electron chi connectivity index (χ1n) is 7.71. The Morgan fingerprint density at radius 1 is 0.895 bits per heavy atom. The molecule has 0 heterocycles. The third-order valence-corrected chi connectivity index (χ3v) is 2.99. The van der Waals surface area contributed by atoms with Crippen molar-refractivity contribution < 1.29 is 14.3 Å². The predicted molar refractivity (Wildman–Crippen MR) is 79.3 cm³/mol. The van der Waals surface area contributed by atoms with Crippen LogP contribution in [0.1, 0.15) is 71.1 Å². The van der Waals surface area contributed by atoms with Crippen molar-refractivity contribution >= 4 is 6.16 Å². The fourth-order valence-electron chi connectivity index (χ4n) is 1.77. The van der Waals surface area contributed by atoms with Crippen LogP contribution in [0.5, 0.6) is 0 Å². The fourth-order valence-corrected chi connectivity index (χ4v) is 1.77. The van der Waals surface area contributed by atoms with Gasteiger partial charge in [0.2, 0.25) is 0 Å². The second-order valence-electron chi connectivity index (χ2n) is 4.85. The van der Waals surface area contributed by atoms with Gasteiger partial charge in [-0.15, -0.1) is 6.58 Å². The summed E-state index contributed by atoms with van der Waals surface area (Å²) in [5.41, 5.74) is 0.